The van der Waals surface area contributed by atoms with Crippen molar-refractivity contribution in [3.05, 3.63) is 218 Å². The lowest BCUT2D eigenvalue weighted by Gasteiger charge is -2.30. The van der Waals surface area contributed by atoms with Crippen molar-refractivity contribution in [3.8, 4) is 44.8 Å². The first-order valence-electron chi connectivity index (χ1n) is 19.7. The smallest absolute Gasteiger partial charge is 0.227 e. The highest BCUT2D eigenvalue weighted by molar-refractivity contribution is 6.29. The molecule has 0 N–H and O–H groups in total. The number of hydrogen-bond donors (Lipinski definition) is 0. The highest BCUT2D eigenvalue weighted by atomic mass is 16.3. The molecule has 0 aliphatic heterocycles. The second-order valence-corrected chi connectivity index (χ2v) is 14.7. The van der Waals surface area contributed by atoms with Gasteiger partial charge in [0.15, 0.2) is 5.58 Å². The molecule has 0 aliphatic rings. The minimum Gasteiger partial charge on any atom is -0.435 e. The molecule has 0 radical (unpaired) electrons. The highest BCUT2D eigenvalue weighted by Gasteiger charge is 2.23. The number of para-hydroxylation sites is 1. The zero-order chi connectivity index (χ0) is 38.4. The third-order valence-electron chi connectivity index (χ3n) is 11.3. The normalized spacial score (nSPS) is 11.4. The van der Waals surface area contributed by atoms with Gasteiger partial charge in [0.05, 0.1) is 11.4 Å². The average Bonchev–Trinajstić information content (AvgIpc) is 3.75. The summed E-state index contributed by atoms with van der Waals surface area (Å²) in [5.74, 6) is 0.617. The standard InChI is InChI=1S/C55H36N2O/c1-4-17-37(18-5-1)44-26-12-13-27-45(44)41-24-16-25-43(35-41)57(50-30-15-14-28-46(50)38-19-6-2-7-20-38)51-36-42-23-10-11-29-47(42)53-48(51)33-31-39-32-34-49-54(52(39)53)58-55(56-49)40-21-8-3-9-22-40/h1-36H. The van der Waals surface area contributed by atoms with Crippen LogP contribution in [0.25, 0.3) is 88.3 Å². The molecular formula is C55H36N2O. The van der Waals surface area contributed by atoms with Crippen LogP contribution < -0.4 is 4.90 Å². The molecule has 3 nitrogen and oxygen atoms in total. The summed E-state index contributed by atoms with van der Waals surface area (Å²) >= 11 is 0. The van der Waals surface area contributed by atoms with Gasteiger partial charge in [-0.3, -0.25) is 0 Å². The third kappa shape index (κ3) is 5.72. The molecule has 11 rings (SSSR count). The quantitative estimate of drug-likeness (QED) is 0.152. The Bertz CT molecular complexity index is 3280. The summed E-state index contributed by atoms with van der Waals surface area (Å²) < 4.78 is 6.76. The van der Waals surface area contributed by atoms with E-state index >= 15 is 0 Å². The van der Waals surface area contributed by atoms with E-state index in [4.69, 9.17) is 9.40 Å². The fourth-order valence-corrected chi connectivity index (χ4v) is 8.61. The van der Waals surface area contributed by atoms with E-state index in [-0.39, 0.29) is 0 Å². The molecule has 1 heterocycles. The van der Waals surface area contributed by atoms with E-state index in [2.05, 4.69) is 193 Å². The topological polar surface area (TPSA) is 29.3 Å². The van der Waals surface area contributed by atoms with Crippen LogP contribution in [0.15, 0.2) is 223 Å². The molecule has 0 amide bonds. The van der Waals surface area contributed by atoms with E-state index in [9.17, 15) is 0 Å². The molecule has 0 atom stereocenters. The highest BCUT2D eigenvalue weighted by Crippen LogP contribution is 2.48. The van der Waals surface area contributed by atoms with Crippen molar-refractivity contribution in [3.63, 3.8) is 0 Å². The summed E-state index contributed by atoms with van der Waals surface area (Å²) in [6.45, 7) is 0. The van der Waals surface area contributed by atoms with Gasteiger partial charge in [-0.25, -0.2) is 4.98 Å². The molecule has 58 heavy (non-hydrogen) atoms. The minimum absolute atomic E-state index is 0.617. The molecule has 0 spiro atoms. The van der Waals surface area contributed by atoms with Gasteiger partial charge in [0.2, 0.25) is 5.89 Å². The molecule has 3 heteroatoms. The van der Waals surface area contributed by atoms with Gasteiger partial charge in [-0.1, -0.05) is 176 Å². The summed E-state index contributed by atoms with van der Waals surface area (Å²) in [6.07, 6.45) is 0. The number of rotatable bonds is 7. The number of aromatic nitrogens is 1. The number of benzene rings is 10. The van der Waals surface area contributed by atoms with Crippen LogP contribution in [-0.4, -0.2) is 4.98 Å². The fourth-order valence-electron chi connectivity index (χ4n) is 8.61. The van der Waals surface area contributed by atoms with Gasteiger partial charge < -0.3 is 9.32 Å². The molecule has 0 saturated carbocycles. The van der Waals surface area contributed by atoms with Gasteiger partial charge >= 0.3 is 0 Å². The minimum atomic E-state index is 0.617. The predicted molar refractivity (Wildman–Crippen MR) is 243 cm³/mol. The molecule has 0 aliphatic carbocycles. The Balaban J connectivity index is 1.22. The number of nitrogens with zero attached hydrogens (tertiary/aromatic N) is 2. The maximum Gasteiger partial charge on any atom is 0.227 e. The molecule has 10 aromatic carbocycles. The van der Waals surface area contributed by atoms with Crippen molar-refractivity contribution in [2.45, 2.75) is 0 Å². The Kier molecular flexibility index (Phi) is 8.15. The molecule has 0 fully saturated rings. The number of anilines is 3. The number of hydrogen-bond acceptors (Lipinski definition) is 3. The first kappa shape index (κ1) is 33.6. The van der Waals surface area contributed by atoms with Gasteiger partial charge in [0, 0.05) is 33.0 Å². The van der Waals surface area contributed by atoms with Crippen LogP contribution >= 0.6 is 0 Å². The Labute approximate surface area is 336 Å². The molecule has 0 bridgehead atoms. The Hall–Kier alpha value is -7.75. The summed E-state index contributed by atoms with van der Waals surface area (Å²) in [5, 5.41) is 6.73. The van der Waals surface area contributed by atoms with Crippen LogP contribution in [0.3, 0.4) is 0 Å². The second kappa shape index (κ2) is 14.1. The molecular weight excluding hydrogens is 705 g/mol. The lowest BCUT2D eigenvalue weighted by Crippen LogP contribution is -2.12. The van der Waals surface area contributed by atoms with Crippen molar-refractivity contribution in [1.29, 1.82) is 0 Å². The molecule has 1 aromatic heterocycles. The largest absolute Gasteiger partial charge is 0.435 e. The summed E-state index contributed by atoms with van der Waals surface area (Å²) in [5.41, 5.74) is 12.8. The van der Waals surface area contributed by atoms with Crippen molar-refractivity contribution < 1.29 is 4.42 Å². The predicted octanol–water partition coefficient (Wildman–Crippen LogP) is 15.4. The van der Waals surface area contributed by atoms with Crippen LogP contribution in [0.5, 0.6) is 0 Å². The lowest BCUT2D eigenvalue weighted by molar-refractivity contribution is 0.623. The van der Waals surface area contributed by atoms with E-state index < -0.39 is 0 Å². The fraction of sp³-hybridized carbons (Fsp3) is 0. The third-order valence-corrected chi connectivity index (χ3v) is 11.3. The Morgan fingerprint density at radius 2 is 0.948 bits per heavy atom. The van der Waals surface area contributed by atoms with E-state index in [1.165, 1.54) is 22.1 Å². The van der Waals surface area contributed by atoms with Crippen molar-refractivity contribution in [2.75, 3.05) is 4.90 Å². The first-order chi connectivity index (χ1) is 28.8. The average molecular weight is 741 g/mol. The van der Waals surface area contributed by atoms with E-state index in [0.717, 1.165) is 77.3 Å². The molecule has 11 aromatic rings. The summed E-state index contributed by atoms with van der Waals surface area (Å²) in [7, 11) is 0. The van der Waals surface area contributed by atoms with Gasteiger partial charge in [-0.2, -0.15) is 0 Å². The summed E-state index contributed by atoms with van der Waals surface area (Å²) in [4.78, 5) is 7.46. The number of oxazole rings is 1. The molecule has 0 saturated heterocycles. The lowest BCUT2D eigenvalue weighted by atomic mass is 9.92. The van der Waals surface area contributed by atoms with Gasteiger partial charge in [-0.15, -0.1) is 0 Å². The monoisotopic (exact) mass is 740 g/mol. The van der Waals surface area contributed by atoms with E-state index in [1.54, 1.807) is 0 Å². The van der Waals surface area contributed by atoms with Crippen LogP contribution in [0, 0.1) is 0 Å². The van der Waals surface area contributed by atoms with Crippen LogP contribution in [0.4, 0.5) is 17.1 Å². The molecule has 0 unspecified atom stereocenters. The Morgan fingerprint density at radius 3 is 1.71 bits per heavy atom. The number of fused-ring (bicyclic) bond motifs is 7. The van der Waals surface area contributed by atoms with Crippen molar-refractivity contribution in [1.82, 2.24) is 4.98 Å². The van der Waals surface area contributed by atoms with Gasteiger partial charge in [0.1, 0.15) is 5.52 Å². The van der Waals surface area contributed by atoms with Crippen LogP contribution in [0.1, 0.15) is 0 Å². The Morgan fingerprint density at radius 1 is 0.362 bits per heavy atom. The van der Waals surface area contributed by atoms with Crippen molar-refractivity contribution >= 4 is 60.5 Å². The second-order valence-electron chi connectivity index (χ2n) is 14.7. The van der Waals surface area contributed by atoms with Crippen molar-refractivity contribution in [2.24, 2.45) is 0 Å². The molecule has 272 valence electrons. The maximum atomic E-state index is 6.76. The maximum absolute atomic E-state index is 6.76. The van der Waals surface area contributed by atoms with E-state index in [0.29, 0.717) is 5.89 Å². The first-order valence-corrected chi connectivity index (χ1v) is 19.7. The zero-order valence-corrected chi connectivity index (χ0v) is 31.6. The van der Waals surface area contributed by atoms with Crippen LogP contribution in [0.2, 0.25) is 0 Å². The van der Waals surface area contributed by atoms with E-state index in [1.807, 2.05) is 30.3 Å². The van der Waals surface area contributed by atoms with Crippen LogP contribution in [-0.2, 0) is 0 Å². The van der Waals surface area contributed by atoms with Gasteiger partial charge in [0.25, 0.3) is 0 Å². The zero-order valence-electron chi connectivity index (χ0n) is 31.6. The SMILES string of the molecule is c1ccc(-c2nc3ccc4ccc5c(N(c6cccc(-c7ccccc7-c7ccccc7)c6)c6ccccc6-c6ccccc6)cc6ccccc6c5c4c3o2)cc1. The van der Waals surface area contributed by atoms with Gasteiger partial charge in [-0.05, 0) is 86.4 Å². The summed E-state index contributed by atoms with van der Waals surface area (Å²) in [6, 6.07) is 77.8.